The molecule has 0 aliphatic rings. The highest BCUT2D eigenvalue weighted by Crippen LogP contribution is 2.21. The third-order valence-corrected chi connectivity index (χ3v) is 3.82. The average Bonchev–Trinajstić information content (AvgIpc) is 2.66. The number of benzene rings is 2. The fraction of sp³-hybridized carbons (Fsp3) is 0.263. The fourth-order valence-electron chi connectivity index (χ4n) is 2.41. The van der Waals surface area contributed by atoms with E-state index in [1.54, 1.807) is 37.3 Å². The van der Waals surface area contributed by atoms with Gasteiger partial charge in [-0.2, -0.15) is 0 Å². The zero-order valence-corrected chi connectivity index (χ0v) is 15.3. The van der Waals surface area contributed by atoms with Crippen LogP contribution in [0.3, 0.4) is 0 Å². The average molecular weight is 387 g/mol. The van der Waals surface area contributed by atoms with Crippen molar-refractivity contribution >= 4 is 28.9 Å². The molecule has 2 rings (SSSR count). The number of nitrogens with one attached hydrogen (secondary N) is 2. The summed E-state index contributed by atoms with van der Waals surface area (Å²) < 4.78 is 5.09. The lowest BCUT2D eigenvalue weighted by Crippen LogP contribution is -2.14. The zero-order chi connectivity index (χ0) is 20.5. The molecule has 0 aromatic heterocycles. The van der Waals surface area contributed by atoms with Crippen LogP contribution < -0.4 is 15.4 Å². The van der Waals surface area contributed by atoms with Crippen LogP contribution in [0.15, 0.2) is 42.5 Å². The van der Waals surface area contributed by atoms with E-state index in [0.29, 0.717) is 30.8 Å². The third-order valence-electron chi connectivity index (χ3n) is 3.82. The number of nitro groups is 1. The van der Waals surface area contributed by atoms with E-state index in [4.69, 9.17) is 9.84 Å². The third kappa shape index (κ3) is 6.60. The van der Waals surface area contributed by atoms with Crippen LogP contribution >= 0.6 is 0 Å². The minimum atomic E-state index is -1.06. The number of aryl methyl sites for hydroxylation is 1. The van der Waals surface area contributed by atoms with Crippen LogP contribution in [-0.2, 0) is 9.59 Å². The summed E-state index contributed by atoms with van der Waals surface area (Å²) in [5.41, 5.74) is 2.18. The molecule has 0 unspecified atom stereocenters. The normalized spacial score (nSPS) is 10.2. The molecule has 148 valence electrons. The van der Waals surface area contributed by atoms with Crippen molar-refractivity contribution in [3.63, 3.8) is 0 Å². The van der Waals surface area contributed by atoms with Crippen molar-refractivity contribution in [3.05, 3.63) is 58.1 Å². The monoisotopic (exact) mass is 387 g/mol. The molecule has 3 N–H and O–H groups in total. The van der Waals surface area contributed by atoms with E-state index in [1.807, 2.05) is 0 Å². The van der Waals surface area contributed by atoms with Gasteiger partial charge in [0.1, 0.15) is 5.75 Å². The lowest BCUT2D eigenvalue weighted by molar-refractivity contribution is -0.384. The number of carboxylic acids is 1. The van der Waals surface area contributed by atoms with Crippen molar-refractivity contribution in [3.8, 4) is 5.75 Å². The quantitative estimate of drug-likeness (QED) is 0.324. The van der Waals surface area contributed by atoms with Crippen LogP contribution in [0.5, 0.6) is 5.75 Å². The van der Waals surface area contributed by atoms with Crippen molar-refractivity contribution in [2.45, 2.75) is 19.8 Å². The minimum absolute atomic E-state index is 0.0275. The number of nitrogens with zero attached hydrogens (tertiary/aromatic N) is 1. The molecule has 0 saturated heterocycles. The highest BCUT2D eigenvalue weighted by molar-refractivity contribution is 5.91. The highest BCUT2D eigenvalue weighted by Gasteiger charge is 2.07. The Kier molecular flexibility index (Phi) is 7.32. The number of ether oxygens (including phenoxy) is 1. The number of amides is 1. The van der Waals surface area contributed by atoms with Crippen molar-refractivity contribution in [1.82, 2.24) is 0 Å². The number of carbonyl (C=O) groups is 2. The predicted molar refractivity (Wildman–Crippen MR) is 104 cm³/mol. The zero-order valence-electron chi connectivity index (χ0n) is 15.3. The van der Waals surface area contributed by atoms with Crippen molar-refractivity contribution in [1.29, 1.82) is 0 Å². The Hall–Kier alpha value is -3.62. The number of hydrogen-bond donors (Lipinski definition) is 3. The summed E-state index contributed by atoms with van der Waals surface area (Å²) in [4.78, 5) is 32.7. The molecule has 9 nitrogen and oxygen atoms in total. The van der Waals surface area contributed by atoms with Gasteiger partial charge in [-0.1, -0.05) is 0 Å². The van der Waals surface area contributed by atoms with Crippen molar-refractivity contribution in [2.24, 2.45) is 0 Å². The van der Waals surface area contributed by atoms with Crippen LogP contribution in [0.4, 0.5) is 17.1 Å². The molecule has 1 amide bonds. The van der Waals surface area contributed by atoms with Gasteiger partial charge in [0, 0.05) is 36.5 Å². The van der Waals surface area contributed by atoms with Crippen LogP contribution in [0.25, 0.3) is 0 Å². The second-order valence-electron chi connectivity index (χ2n) is 6.04. The molecule has 28 heavy (non-hydrogen) atoms. The Balaban J connectivity index is 1.74. The summed E-state index contributed by atoms with van der Waals surface area (Å²) in [7, 11) is 0. The first-order valence-corrected chi connectivity index (χ1v) is 8.58. The van der Waals surface area contributed by atoms with Gasteiger partial charge in [0.05, 0.1) is 4.92 Å². The first kappa shape index (κ1) is 20.7. The Labute approximate surface area is 161 Å². The SMILES string of the molecule is Cc1cc(OCC(=O)O)ccc1NC(=O)CCCNc1ccc([N+](=O)[O-])cc1. The summed E-state index contributed by atoms with van der Waals surface area (Å²) in [5.74, 6) is -0.782. The molecular formula is C19H21N3O6. The Morgan fingerprint density at radius 2 is 1.89 bits per heavy atom. The van der Waals surface area contributed by atoms with Gasteiger partial charge >= 0.3 is 5.97 Å². The number of nitro benzene ring substituents is 1. The molecule has 0 spiro atoms. The number of non-ortho nitro benzene ring substituents is 1. The molecule has 0 saturated carbocycles. The van der Waals surface area contributed by atoms with Gasteiger partial charge < -0.3 is 20.5 Å². The predicted octanol–water partition coefficient (Wildman–Crippen LogP) is 3.20. The van der Waals surface area contributed by atoms with Crippen LogP contribution in [0.2, 0.25) is 0 Å². The summed E-state index contributed by atoms with van der Waals surface area (Å²) in [6.45, 7) is 1.92. The largest absolute Gasteiger partial charge is 0.482 e. The van der Waals surface area contributed by atoms with Crippen LogP contribution in [0, 0.1) is 17.0 Å². The van der Waals surface area contributed by atoms with E-state index >= 15 is 0 Å². The Bertz CT molecular complexity index is 851. The Morgan fingerprint density at radius 1 is 1.18 bits per heavy atom. The maximum atomic E-state index is 12.1. The smallest absolute Gasteiger partial charge is 0.341 e. The first-order valence-electron chi connectivity index (χ1n) is 8.58. The van der Waals surface area contributed by atoms with Gasteiger partial charge in [0.15, 0.2) is 6.61 Å². The Morgan fingerprint density at radius 3 is 2.50 bits per heavy atom. The van der Waals surface area contributed by atoms with Crippen LogP contribution in [0.1, 0.15) is 18.4 Å². The molecule has 0 atom stereocenters. The number of aliphatic carboxylic acids is 1. The van der Waals surface area contributed by atoms with Crippen molar-refractivity contribution < 1.29 is 24.4 Å². The molecule has 0 aliphatic carbocycles. The molecule has 2 aromatic carbocycles. The molecule has 0 bridgehead atoms. The summed E-state index contributed by atoms with van der Waals surface area (Å²) >= 11 is 0. The standard InChI is InChI=1S/C19H21N3O6/c1-13-11-16(28-12-19(24)25)8-9-17(13)21-18(23)3-2-10-20-14-4-6-15(7-5-14)22(26)27/h4-9,11,20H,2-3,10,12H2,1H3,(H,21,23)(H,24,25). The fourth-order valence-corrected chi connectivity index (χ4v) is 2.41. The maximum Gasteiger partial charge on any atom is 0.341 e. The summed E-state index contributed by atoms with van der Waals surface area (Å²) in [6, 6.07) is 11.0. The summed E-state index contributed by atoms with van der Waals surface area (Å²) in [5, 5.41) is 25.1. The molecular weight excluding hydrogens is 366 g/mol. The van der Waals surface area contributed by atoms with Crippen LogP contribution in [-0.4, -0.2) is 35.1 Å². The molecule has 9 heteroatoms. The molecule has 0 radical (unpaired) electrons. The molecule has 0 fully saturated rings. The van der Waals surface area contributed by atoms with Gasteiger partial charge in [-0.15, -0.1) is 0 Å². The molecule has 2 aromatic rings. The van der Waals surface area contributed by atoms with Gasteiger partial charge in [-0.05, 0) is 49.2 Å². The van der Waals surface area contributed by atoms with Crippen molar-refractivity contribution in [2.75, 3.05) is 23.8 Å². The van der Waals surface area contributed by atoms with Gasteiger partial charge in [0.25, 0.3) is 5.69 Å². The van der Waals surface area contributed by atoms with E-state index in [2.05, 4.69) is 10.6 Å². The lowest BCUT2D eigenvalue weighted by Gasteiger charge is -2.11. The number of carboxylic acid groups (broad SMARTS) is 1. The molecule has 0 heterocycles. The number of rotatable bonds is 10. The second-order valence-corrected chi connectivity index (χ2v) is 6.04. The maximum absolute atomic E-state index is 12.1. The van der Waals surface area contributed by atoms with E-state index in [-0.39, 0.29) is 11.6 Å². The van der Waals surface area contributed by atoms with Gasteiger partial charge in [-0.25, -0.2) is 4.79 Å². The van der Waals surface area contributed by atoms with E-state index in [0.717, 1.165) is 11.3 Å². The van der Waals surface area contributed by atoms with E-state index in [9.17, 15) is 19.7 Å². The lowest BCUT2D eigenvalue weighted by atomic mass is 10.2. The van der Waals surface area contributed by atoms with E-state index in [1.165, 1.54) is 12.1 Å². The first-order chi connectivity index (χ1) is 13.3. The van der Waals surface area contributed by atoms with Gasteiger partial charge in [0.2, 0.25) is 5.91 Å². The second kappa shape index (κ2) is 9.91. The topological polar surface area (TPSA) is 131 Å². The highest BCUT2D eigenvalue weighted by atomic mass is 16.6. The number of hydrogen-bond acceptors (Lipinski definition) is 6. The number of carbonyl (C=O) groups excluding carboxylic acids is 1. The summed E-state index contributed by atoms with van der Waals surface area (Å²) in [6.07, 6.45) is 0.887. The minimum Gasteiger partial charge on any atom is -0.482 e. The van der Waals surface area contributed by atoms with Gasteiger partial charge in [-0.3, -0.25) is 14.9 Å². The van der Waals surface area contributed by atoms with E-state index < -0.39 is 17.5 Å². The number of anilines is 2. The molecule has 0 aliphatic heterocycles.